The van der Waals surface area contributed by atoms with Gasteiger partial charge in [0, 0.05) is 79.8 Å². The van der Waals surface area contributed by atoms with Gasteiger partial charge in [0.15, 0.2) is 0 Å². The molecule has 2 bridgehead atoms. The first kappa shape index (κ1) is 27.4. The van der Waals surface area contributed by atoms with Crippen LogP contribution in [0.25, 0.3) is 16.6 Å². The van der Waals surface area contributed by atoms with E-state index in [0.717, 1.165) is 42.1 Å². The molecule has 2 unspecified atom stereocenters. The zero-order chi connectivity index (χ0) is 29.6. The van der Waals surface area contributed by atoms with Crippen molar-refractivity contribution in [2.45, 2.75) is 43.5 Å². The first-order chi connectivity index (χ1) is 20.9. The van der Waals surface area contributed by atoms with Gasteiger partial charge in [0.05, 0.1) is 37.6 Å². The monoisotopic (exact) mass is 571 g/mol. The van der Waals surface area contributed by atoms with E-state index in [1.165, 1.54) is 6.42 Å². The largest absolute Gasteiger partial charge is 0.481 e. The highest BCUT2D eigenvalue weighted by molar-refractivity contribution is 6.34. The number of fused-ring (bicyclic) bond motifs is 3. The standard InChI is InChI=1S/C32H30BN7O3/c1-42-31-28(33)11-22(14-36-31)17-39-25-12-26(39)20-38(19-25)29-3-2-23(15-35-29)27-10-21(4-5-32(41)6-8-43-9-7-32)18-40-30(27)24(13-34)16-37-40/h2-3,10-11,14-16,18,25-26,41H,6-9,12,17,19-20H2,1H3. The molecule has 0 spiro atoms. The SMILES string of the molecule is [B]c1cc(CN2C3CC2CN(c2ccc(-c4cc(C#CC5(O)CCOCC5)cn5ncc(C#N)c45)cn2)C3)cnc1OC. The number of methoxy groups -OCH3 is 1. The number of pyridine rings is 3. The molecule has 1 N–H and O–H groups in total. The Hall–Kier alpha value is -4.42. The summed E-state index contributed by atoms with van der Waals surface area (Å²) in [6.45, 7) is 3.58. The van der Waals surface area contributed by atoms with Gasteiger partial charge < -0.3 is 19.5 Å². The predicted octanol–water partition coefficient (Wildman–Crippen LogP) is 1.82. The molecule has 4 aliphatic rings. The van der Waals surface area contributed by atoms with Gasteiger partial charge in [-0.15, -0.1) is 0 Å². The van der Waals surface area contributed by atoms with E-state index in [2.05, 4.69) is 37.8 Å². The van der Waals surface area contributed by atoms with E-state index in [1.54, 1.807) is 24.0 Å². The Labute approximate surface area is 251 Å². The molecule has 43 heavy (non-hydrogen) atoms. The molecule has 0 amide bonds. The molecule has 11 heteroatoms. The van der Waals surface area contributed by atoms with Crippen LogP contribution in [0.3, 0.4) is 0 Å². The van der Waals surface area contributed by atoms with Crippen LogP contribution in [0.15, 0.2) is 49.1 Å². The number of ether oxygens (including phenoxy) is 2. The first-order valence-electron chi connectivity index (χ1n) is 14.4. The number of piperidine rings is 1. The molecular formula is C32H30BN7O3. The van der Waals surface area contributed by atoms with Crippen molar-refractivity contribution in [3.8, 4) is 34.9 Å². The Balaban J connectivity index is 1.10. The lowest BCUT2D eigenvalue weighted by atomic mass is 9.86. The molecule has 0 saturated carbocycles. The molecule has 4 aromatic heterocycles. The van der Waals surface area contributed by atoms with E-state index in [-0.39, 0.29) is 0 Å². The average molecular weight is 571 g/mol. The summed E-state index contributed by atoms with van der Waals surface area (Å²) in [5.74, 6) is 7.57. The van der Waals surface area contributed by atoms with Crippen molar-refractivity contribution < 1.29 is 14.6 Å². The second-order valence-corrected chi connectivity index (χ2v) is 11.5. The second-order valence-electron chi connectivity index (χ2n) is 11.5. The third-order valence-corrected chi connectivity index (χ3v) is 8.71. The van der Waals surface area contributed by atoms with Gasteiger partial charge >= 0.3 is 0 Å². The molecule has 4 saturated heterocycles. The van der Waals surface area contributed by atoms with Crippen LogP contribution < -0.4 is 15.1 Å². The molecule has 2 atom stereocenters. The third kappa shape index (κ3) is 5.21. The third-order valence-electron chi connectivity index (χ3n) is 8.71. The number of aromatic nitrogens is 4. The fourth-order valence-electron chi connectivity index (χ4n) is 6.36. The van der Waals surface area contributed by atoms with Gasteiger partial charge in [-0.3, -0.25) is 4.90 Å². The van der Waals surface area contributed by atoms with Crippen LogP contribution in [0.4, 0.5) is 5.82 Å². The molecule has 2 radical (unpaired) electrons. The lowest BCUT2D eigenvalue weighted by Gasteiger charge is -2.56. The van der Waals surface area contributed by atoms with Gasteiger partial charge in [-0.1, -0.05) is 17.9 Å². The fourth-order valence-corrected chi connectivity index (χ4v) is 6.36. The highest BCUT2D eigenvalue weighted by atomic mass is 16.5. The van der Waals surface area contributed by atoms with Crippen molar-refractivity contribution in [3.05, 3.63) is 65.7 Å². The summed E-state index contributed by atoms with van der Waals surface area (Å²) >= 11 is 0. The van der Waals surface area contributed by atoms with Crippen LogP contribution in [-0.2, 0) is 11.3 Å². The maximum absolute atomic E-state index is 10.8. The second kappa shape index (κ2) is 11.0. The molecule has 4 aromatic rings. The van der Waals surface area contributed by atoms with E-state index in [1.807, 2.05) is 36.7 Å². The fraction of sp³-hybridized carbons (Fsp3) is 0.375. The van der Waals surface area contributed by atoms with Crippen LogP contribution in [0.5, 0.6) is 5.88 Å². The number of aliphatic hydroxyl groups is 1. The molecule has 10 nitrogen and oxygen atoms in total. The summed E-state index contributed by atoms with van der Waals surface area (Å²) in [5.41, 5.74) is 4.14. The van der Waals surface area contributed by atoms with Gasteiger partial charge in [0.2, 0.25) is 5.88 Å². The van der Waals surface area contributed by atoms with Gasteiger partial charge in [-0.2, -0.15) is 10.4 Å². The molecule has 214 valence electrons. The van der Waals surface area contributed by atoms with Gasteiger partial charge in [0.25, 0.3) is 0 Å². The Morgan fingerprint density at radius 2 is 1.95 bits per heavy atom. The maximum atomic E-state index is 10.8. The number of hydrogen-bond acceptors (Lipinski definition) is 9. The topological polar surface area (TPSA) is 112 Å². The minimum Gasteiger partial charge on any atom is -0.481 e. The van der Waals surface area contributed by atoms with Crippen LogP contribution in [0.1, 0.15) is 36.0 Å². The van der Waals surface area contributed by atoms with E-state index in [4.69, 9.17) is 22.3 Å². The van der Waals surface area contributed by atoms with Gasteiger partial charge in [0.1, 0.15) is 25.3 Å². The number of rotatable bonds is 5. The Morgan fingerprint density at radius 1 is 1.14 bits per heavy atom. The van der Waals surface area contributed by atoms with E-state index in [0.29, 0.717) is 66.1 Å². The molecule has 8 rings (SSSR count). The number of nitriles is 1. The predicted molar refractivity (Wildman–Crippen MR) is 161 cm³/mol. The van der Waals surface area contributed by atoms with E-state index >= 15 is 0 Å². The summed E-state index contributed by atoms with van der Waals surface area (Å²) in [4.78, 5) is 14.0. The van der Waals surface area contributed by atoms with Crippen LogP contribution in [0.2, 0.25) is 0 Å². The highest BCUT2D eigenvalue weighted by Crippen LogP contribution is 2.36. The summed E-state index contributed by atoms with van der Waals surface area (Å²) in [5, 5.41) is 25.0. The molecule has 0 aliphatic carbocycles. The normalized spacial score (nSPS) is 21.0. The van der Waals surface area contributed by atoms with Crippen molar-refractivity contribution in [2.75, 3.05) is 38.3 Å². The van der Waals surface area contributed by atoms with Crippen LogP contribution in [-0.4, -0.2) is 88.5 Å². The average Bonchev–Trinajstić information content (AvgIpc) is 3.46. The summed E-state index contributed by atoms with van der Waals surface area (Å²) < 4.78 is 12.2. The molecule has 4 fully saturated rings. The smallest absolute Gasteiger partial charge is 0.205 e. The highest BCUT2D eigenvalue weighted by Gasteiger charge is 2.44. The lowest BCUT2D eigenvalue weighted by Crippen LogP contribution is -2.68. The first-order valence-corrected chi connectivity index (χ1v) is 14.4. The van der Waals surface area contributed by atoms with Crippen molar-refractivity contribution in [2.24, 2.45) is 0 Å². The zero-order valence-corrected chi connectivity index (χ0v) is 23.9. The van der Waals surface area contributed by atoms with Crippen LogP contribution >= 0.6 is 0 Å². The van der Waals surface area contributed by atoms with Gasteiger partial charge in [-0.25, -0.2) is 14.5 Å². The molecule has 0 aromatic carbocycles. The Morgan fingerprint density at radius 3 is 2.65 bits per heavy atom. The Bertz CT molecular complexity index is 1770. The molecular weight excluding hydrogens is 541 g/mol. The van der Waals surface area contributed by atoms with Crippen LogP contribution in [0, 0.1) is 23.2 Å². The number of nitrogens with zero attached hydrogens (tertiary/aromatic N) is 7. The summed E-state index contributed by atoms with van der Waals surface area (Å²) in [6.07, 6.45) is 9.16. The minimum atomic E-state index is -1.07. The van der Waals surface area contributed by atoms with Crippen molar-refractivity contribution in [1.29, 1.82) is 5.26 Å². The van der Waals surface area contributed by atoms with Crippen molar-refractivity contribution in [1.82, 2.24) is 24.5 Å². The molecule has 4 aliphatic heterocycles. The van der Waals surface area contributed by atoms with Gasteiger partial charge in [-0.05, 0) is 35.6 Å². The molecule has 8 heterocycles. The quantitative estimate of drug-likeness (QED) is 0.283. The van der Waals surface area contributed by atoms with Crippen molar-refractivity contribution in [3.63, 3.8) is 0 Å². The number of hydrogen-bond donors (Lipinski definition) is 1. The lowest BCUT2D eigenvalue weighted by molar-refractivity contribution is -0.0261. The maximum Gasteiger partial charge on any atom is 0.205 e. The number of anilines is 1. The Kier molecular flexibility index (Phi) is 7.02. The zero-order valence-electron chi connectivity index (χ0n) is 23.9. The number of piperazine rings is 1. The van der Waals surface area contributed by atoms with E-state index < -0.39 is 5.60 Å². The minimum absolute atomic E-state index is 0.439. The van der Waals surface area contributed by atoms with E-state index in [9.17, 15) is 10.4 Å². The van der Waals surface area contributed by atoms with Crippen molar-refractivity contribution >= 4 is 24.6 Å². The summed E-state index contributed by atoms with van der Waals surface area (Å²) in [6, 6.07) is 11.1. The summed E-state index contributed by atoms with van der Waals surface area (Å²) in [7, 11) is 7.64.